The van der Waals surface area contributed by atoms with E-state index in [1.165, 1.54) is 13.2 Å². The molecule has 4 rings (SSSR count). The van der Waals surface area contributed by atoms with Crippen molar-refractivity contribution in [2.45, 2.75) is 49.7 Å². The van der Waals surface area contributed by atoms with E-state index < -0.39 is 29.3 Å². The molecular formula is C22H24FNO4S. The molecule has 154 valence electrons. The molecule has 1 amide bonds. The van der Waals surface area contributed by atoms with Crippen LogP contribution in [0, 0.1) is 5.82 Å². The molecule has 0 unspecified atom stereocenters. The van der Waals surface area contributed by atoms with Crippen LogP contribution in [0.15, 0.2) is 41.8 Å². The van der Waals surface area contributed by atoms with Crippen LogP contribution in [0.2, 0.25) is 0 Å². The molecule has 1 aromatic carbocycles. The highest BCUT2D eigenvalue weighted by molar-refractivity contribution is 7.10. The van der Waals surface area contributed by atoms with E-state index in [2.05, 4.69) is 0 Å². The Morgan fingerprint density at radius 3 is 2.59 bits per heavy atom. The molecule has 2 heterocycles. The molecule has 1 saturated carbocycles. The average molecular weight is 418 g/mol. The number of nitrogens with zero attached hydrogens (tertiary/aromatic N) is 1. The topological polar surface area (TPSA) is 55.8 Å². The van der Waals surface area contributed by atoms with Crippen LogP contribution < -0.4 is 4.74 Å². The number of esters is 1. The highest BCUT2D eigenvalue weighted by Crippen LogP contribution is 2.45. The van der Waals surface area contributed by atoms with Crippen LogP contribution in [0.4, 0.5) is 4.39 Å². The van der Waals surface area contributed by atoms with Crippen molar-refractivity contribution in [2.75, 3.05) is 13.7 Å². The molecule has 2 aromatic rings. The maximum Gasteiger partial charge on any atom is 0.328 e. The molecule has 0 N–H and O–H groups in total. The van der Waals surface area contributed by atoms with Crippen molar-refractivity contribution in [3.05, 3.63) is 52.5 Å². The smallest absolute Gasteiger partial charge is 0.328 e. The summed E-state index contributed by atoms with van der Waals surface area (Å²) in [7, 11) is 1.32. The number of likely N-dealkylation sites (tertiary alicyclic amines) is 1. The average Bonchev–Trinajstić information content (AvgIpc) is 3.49. The molecule has 5 nitrogen and oxygen atoms in total. The summed E-state index contributed by atoms with van der Waals surface area (Å²) in [5, 5.41) is 1.98. The molecule has 2 atom stereocenters. The molecule has 2 aliphatic rings. The quantitative estimate of drug-likeness (QED) is 0.692. The van der Waals surface area contributed by atoms with Gasteiger partial charge in [0.1, 0.15) is 12.1 Å². The van der Waals surface area contributed by atoms with Crippen LogP contribution in [-0.4, -0.2) is 42.6 Å². The number of benzene rings is 1. The first-order valence-corrected chi connectivity index (χ1v) is 10.8. The lowest BCUT2D eigenvalue weighted by atomic mass is 9.82. The highest BCUT2D eigenvalue weighted by atomic mass is 32.1. The Hall–Kier alpha value is -2.41. The molecule has 0 radical (unpaired) electrons. The first kappa shape index (κ1) is 19.9. The second-order valence-corrected chi connectivity index (χ2v) is 8.62. The monoisotopic (exact) mass is 417 g/mol. The number of ether oxygens (including phenoxy) is 2. The number of para-hydroxylation sites is 1. The van der Waals surface area contributed by atoms with E-state index in [0.717, 1.165) is 30.6 Å². The maximum absolute atomic E-state index is 14.0. The van der Waals surface area contributed by atoms with Crippen LogP contribution >= 0.6 is 11.3 Å². The number of halogens is 1. The van der Waals surface area contributed by atoms with Crippen LogP contribution in [0.25, 0.3) is 0 Å². The van der Waals surface area contributed by atoms with Gasteiger partial charge in [-0.2, -0.15) is 0 Å². The Balaban J connectivity index is 1.61. The van der Waals surface area contributed by atoms with E-state index in [4.69, 9.17) is 9.47 Å². The van der Waals surface area contributed by atoms with Crippen molar-refractivity contribution in [3.63, 3.8) is 0 Å². The van der Waals surface area contributed by atoms with Gasteiger partial charge in [0.15, 0.2) is 11.6 Å². The minimum Gasteiger partial charge on any atom is -0.485 e. The molecule has 1 aliphatic carbocycles. The van der Waals surface area contributed by atoms with Gasteiger partial charge in [-0.25, -0.2) is 9.18 Å². The van der Waals surface area contributed by atoms with E-state index in [0.29, 0.717) is 0 Å². The fourth-order valence-corrected chi connectivity index (χ4v) is 5.53. The van der Waals surface area contributed by atoms with E-state index >= 15 is 0 Å². The van der Waals surface area contributed by atoms with Crippen molar-refractivity contribution < 1.29 is 23.5 Å². The van der Waals surface area contributed by atoms with Gasteiger partial charge in [-0.05, 0) is 36.4 Å². The van der Waals surface area contributed by atoms with Crippen molar-refractivity contribution in [2.24, 2.45) is 0 Å². The standard InChI is InChI=1S/C22H24FNO4S/c1-27-20(25)17-13-15(28-18-8-3-2-7-16(18)23)14-24(17)21(26)22(10-4-5-11-22)19-9-6-12-29-19/h2-3,6-9,12,15,17H,4-5,10-11,13-14H2,1H3/t15-,17-/m0/s1. The molecule has 1 aromatic heterocycles. The van der Waals surface area contributed by atoms with Gasteiger partial charge in [0.05, 0.1) is 19.1 Å². The number of hydrogen-bond acceptors (Lipinski definition) is 5. The fraction of sp³-hybridized carbons (Fsp3) is 0.455. The van der Waals surface area contributed by atoms with Crippen molar-refractivity contribution in [1.82, 2.24) is 4.90 Å². The molecule has 0 bridgehead atoms. The lowest BCUT2D eigenvalue weighted by Crippen LogP contribution is -2.50. The Kier molecular flexibility index (Phi) is 5.58. The first-order chi connectivity index (χ1) is 14.0. The number of amides is 1. The summed E-state index contributed by atoms with van der Waals surface area (Å²) in [5.74, 6) is -0.841. The third-order valence-corrected chi connectivity index (χ3v) is 7.06. The minimum atomic E-state index is -0.721. The SMILES string of the molecule is COC(=O)[C@@H]1C[C@H](Oc2ccccc2F)CN1C(=O)C1(c2cccs2)CCCC1. The van der Waals surface area contributed by atoms with Crippen molar-refractivity contribution in [3.8, 4) is 5.75 Å². The summed E-state index contributed by atoms with van der Waals surface area (Å²) in [4.78, 5) is 28.9. The molecule has 0 spiro atoms. The van der Waals surface area contributed by atoms with Crippen LogP contribution in [0.3, 0.4) is 0 Å². The molecule has 1 aliphatic heterocycles. The maximum atomic E-state index is 14.0. The Morgan fingerprint density at radius 1 is 1.17 bits per heavy atom. The number of methoxy groups -OCH3 is 1. The summed E-state index contributed by atoms with van der Waals surface area (Å²) in [6.07, 6.45) is 3.32. The van der Waals surface area contributed by atoms with E-state index in [1.807, 2.05) is 17.5 Å². The van der Waals surface area contributed by atoms with E-state index in [-0.39, 0.29) is 24.6 Å². The summed E-state index contributed by atoms with van der Waals surface area (Å²) >= 11 is 1.58. The van der Waals surface area contributed by atoms with Gasteiger partial charge in [0, 0.05) is 11.3 Å². The molecule has 7 heteroatoms. The minimum absolute atomic E-state index is 0.0486. The van der Waals surface area contributed by atoms with Gasteiger partial charge in [0.25, 0.3) is 0 Å². The number of carbonyl (C=O) groups excluding carboxylic acids is 2. The highest BCUT2D eigenvalue weighted by Gasteiger charge is 2.51. The summed E-state index contributed by atoms with van der Waals surface area (Å²) in [6, 6.07) is 9.41. The molecule has 1 saturated heterocycles. The second kappa shape index (κ2) is 8.14. The summed E-state index contributed by atoms with van der Waals surface area (Å²) in [5.41, 5.74) is -0.590. The van der Waals surface area contributed by atoms with Gasteiger partial charge in [-0.3, -0.25) is 4.79 Å². The first-order valence-electron chi connectivity index (χ1n) is 9.89. The Labute approximate surface area is 173 Å². The lowest BCUT2D eigenvalue weighted by Gasteiger charge is -2.33. The zero-order valence-electron chi connectivity index (χ0n) is 16.3. The van der Waals surface area contributed by atoms with Crippen molar-refractivity contribution >= 4 is 23.2 Å². The predicted molar refractivity (Wildman–Crippen MR) is 107 cm³/mol. The molecule has 2 fully saturated rings. The number of thiophene rings is 1. The summed E-state index contributed by atoms with van der Waals surface area (Å²) < 4.78 is 24.8. The zero-order chi connectivity index (χ0) is 20.4. The third kappa shape index (κ3) is 3.64. The summed E-state index contributed by atoms with van der Waals surface area (Å²) in [6.45, 7) is 0.236. The second-order valence-electron chi connectivity index (χ2n) is 7.67. The number of hydrogen-bond donors (Lipinski definition) is 0. The van der Waals surface area contributed by atoms with Gasteiger partial charge < -0.3 is 14.4 Å². The zero-order valence-corrected chi connectivity index (χ0v) is 17.1. The predicted octanol–water partition coefficient (Wildman–Crippen LogP) is 3.92. The van der Waals surface area contributed by atoms with Crippen LogP contribution in [-0.2, 0) is 19.7 Å². The molecule has 29 heavy (non-hydrogen) atoms. The van der Waals surface area contributed by atoms with Gasteiger partial charge >= 0.3 is 5.97 Å². The van der Waals surface area contributed by atoms with Gasteiger partial charge in [-0.1, -0.05) is 31.0 Å². The van der Waals surface area contributed by atoms with E-state index in [1.54, 1.807) is 34.4 Å². The largest absolute Gasteiger partial charge is 0.485 e. The van der Waals surface area contributed by atoms with Crippen molar-refractivity contribution in [1.29, 1.82) is 0 Å². The fourth-order valence-electron chi connectivity index (χ4n) is 4.56. The van der Waals surface area contributed by atoms with Crippen LogP contribution in [0.1, 0.15) is 37.0 Å². The van der Waals surface area contributed by atoms with E-state index in [9.17, 15) is 14.0 Å². The Morgan fingerprint density at radius 2 is 1.93 bits per heavy atom. The third-order valence-electron chi connectivity index (χ3n) is 5.99. The van der Waals surface area contributed by atoms with Crippen LogP contribution in [0.5, 0.6) is 5.75 Å². The molecular weight excluding hydrogens is 393 g/mol. The van der Waals surface area contributed by atoms with Gasteiger partial charge in [0.2, 0.25) is 5.91 Å². The lowest BCUT2D eigenvalue weighted by molar-refractivity contribution is -0.153. The Bertz CT molecular complexity index is 879. The number of rotatable bonds is 5. The van der Waals surface area contributed by atoms with Gasteiger partial charge in [-0.15, -0.1) is 11.3 Å². The normalized spacial score (nSPS) is 23.2. The number of carbonyl (C=O) groups is 2.